The summed E-state index contributed by atoms with van der Waals surface area (Å²) in [6.45, 7) is 8.12. The number of ether oxygens (including phenoxy) is 2. The molecule has 0 N–H and O–H groups in total. The largest absolute Gasteiger partial charge is 0.459 e. The van der Waals surface area contributed by atoms with Gasteiger partial charge in [0.25, 0.3) is 6.71 Å². The fourth-order valence-electron chi connectivity index (χ4n) is 4.79. The maximum Gasteiger partial charge on any atom is 0.260 e. The van der Waals surface area contributed by atoms with Crippen LogP contribution in [0, 0.1) is 0 Å². The third-order valence-electron chi connectivity index (χ3n) is 6.32. The lowest BCUT2D eigenvalue weighted by Gasteiger charge is -2.34. The first-order chi connectivity index (χ1) is 16.2. The van der Waals surface area contributed by atoms with Crippen LogP contribution in [-0.4, -0.2) is 6.71 Å². The summed E-state index contributed by atoms with van der Waals surface area (Å²) >= 11 is 0. The number of rotatable bonds is 3. The minimum absolute atomic E-state index is 0.0207. The SMILES string of the molecule is C=C/C=C1/B2c3ccc(-c4ccccc4)cc3Oc3cc(-c4ccccc4)cc(c32)OC1=C. The Hall–Kier alpha value is -4.24. The molecule has 6 rings (SSSR count). The number of fused-ring (bicyclic) bond motifs is 2. The molecule has 2 heterocycles. The standard InChI is InChI=1S/C30H21BO2/c1-3-10-25-20(2)32-28-18-24(22-13-8-5-9-14-22)19-29-30(28)31(25)26-16-15-23(17-27(26)33-29)21-11-6-4-7-12-21/h3-19H,1-2H2/b25-10+. The van der Waals surface area contributed by atoms with E-state index in [0.29, 0.717) is 5.76 Å². The highest BCUT2D eigenvalue weighted by Crippen LogP contribution is 2.40. The highest BCUT2D eigenvalue weighted by molar-refractivity contribution is 6.94. The second-order valence-electron chi connectivity index (χ2n) is 8.29. The summed E-state index contributed by atoms with van der Waals surface area (Å²) < 4.78 is 12.8. The van der Waals surface area contributed by atoms with Gasteiger partial charge in [-0.15, -0.1) is 0 Å². The average molecular weight is 424 g/mol. The van der Waals surface area contributed by atoms with Crippen LogP contribution in [-0.2, 0) is 0 Å². The zero-order valence-electron chi connectivity index (χ0n) is 18.1. The minimum atomic E-state index is -0.0207. The lowest BCUT2D eigenvalue weighted by molar-refractivity contribution is 0.433. The van der Waals surface area contributed by atoms with Gasteiger partial charge in [-0.05, 0) is 51.4 Å². The molecule has 156 valence electrons. The summed E-state index contributed by atoms with van der Waals surface area (Å²) in [5.41, 5.74) is 7.59. The first kappa shape index (κ1) is 19.5. The number of allylic oxidation sites excluding steroid dienone is 3. The number of benzene rings is 4. The maximum absolute atomic E-state index is 6.55. The molecule has 2 aliphatic heterocycles. The lowest BCUT2D eigenvalue weighted by Crippen LogP contribution is -2.51. The van der Waals surface area contributed by atoms with Gasteiger partial charge in [0.2, 0.25) is 0 Å². The molecule has 0 unspecified atom stereocenters. The van der Waals surface area contributed by atoms with Gasteiger partial charge in [-0.25, -0.2) is 0 Å². The van der Waals surface area contributed by atoms with Crippen LogP contribution in [0.2, 0.25) is 0 Å². The molecule has 33 heavy (non-hydrogen) atoms. The molecular weight excluding hydrogens is 403 g/mol. The number of hydrogen-bond acceptors (Lipinski definition) is 2. The molecule has 4 aromatic carbocycles. The van der Waals surface area contributed by atoms with Gasteiger partial charge in [0.1, 0.15) is 23.0 Å². The second kappa shape index (κ2) is 7.72. The van der Waals surface area contributed by atoms with Crippen LogP contribution in [0.25, 0.3) is 22.3 Å². The Morgan fingerprint density at radius 1 is 0.636 bits per heavy atom. The summed E-state index contributed by atoms with van der Waals surface area (Å²) in [5.74, 6) is 3.11. The summed E-state index contributed by atoms with van der Waals surface area (Å²) in [4.78, 5) is 0. The van der Waals surface area contributed by atoms with Crippen LogP contribution in [0.3, 0.4) is 0 Å². The normalized spacial score (nSPS) is 14.7. The quantitative estimate of drug-likeness (QED) is 0.360. The molecule has 0 spiro atoms. The Balaban J connectivity index is 1.57. The zero-order chi connectivity index (χ0) is 22.4. The van der Waals surface area contributed by atoms with Crippen LogP contribution in [0.4, 0.5) is 0 Å². The first-order valence-electron chi connectivity index (χ1n) is 11.0. The molecule has 0 bridgehead atoms. The molecule has 0 aromatic heterocycles. The van der Waals surface area contributed by atoms with Crippen molar-refractivity contribution in [2.24, 2.45) is 0 Å². The molecule has 0 amide bonds. The van der Waals surface area contributed by atoms with Crippen molar-refractivity contribution in [3.05, 3.63) is 128 Å². The van der Waals surface area contributed by atoms with E-state index in [4.69, 9.17) is 9.47 Å². The van der Waals surface area contributed by atoms with Crippen LogP contribution >= 0.6 is 0 Å². The van der Waals surface area contributed by atoms with Crippen molar-refractivity contribution in [2.45, 2.75) is 0 Å². The topological polar surface area (TPSA) is 18.5 Å². The van der Waals surface area contributed by atoms with Crippen LogP contribution in [0.1, 0.15) is 0 Å². The third-order valence-corrected chi connectivity index (χ3v) is 6.32. The Morgan fingerprint density at radius 2 is 1.24 bits per heavy atom. The van der Waals surface area contributed by atoms with E-state index in [1.54, 1.807) is 6.08 Å². The summed E-state index contributed by atoms with van der Waals surface area (Å²) in [6, 6.07) is 31.3. The average Bonchev–Trinajstić information content (AvgIpc) is 2.86. The van der Waals surface area contributed by atoms with E-state index in [9.17, 15) is 0 Å². The van der Waals surface area contributed by atoms with Crippen LogP contribution < -0.4 is 20.4 Å². The molecule has 2 aliphatic rings. The molecule has 0 saturated heterocycles. The van der Waals surface area contributed by atoms with Gasteiger partial charge < -0.3 is 9.47 Å². The first-order valence-corrected chi connectivity index (χ1v) is 11.0. The molecular formula is C30H21BO2. The van der Waals surface area contributed by atoms with E-state index in [0.717, 1.165) is 55.9 Å². The second-order valence-corrected chi connectivity index (χ2v) is 8.29. The van der Waals surface area contributed by atoms with E-state index in [2.05, 4.69) is 79.9 Å². The minimum Gasteiger partial charge on any atom is -0.459 e. The summed E-state index contributed by atoms with van der Waals surface area (Å²) in [6.07, 6.45) is 3.78. The van der Waals surface area contributed by atoms with E-state index >= 15 is 0 Å². The fourth-order valence-corrected chi connectivity index (χ4v) is 4.79. The van der Waals surface area contributed by atoms with E-state index in [1.807, 2.05) is 30.3 Å². The molecule has 2 nitrogen and oxygen atoms in total. The summed E-state index contributed by atoms with van der Waals surface area (Å²) in [5, 5.41) is 0. The van der Waals surface area contributed by atoms with E-state index < -0.39 is 0 Å². The van der Waals surface area contributed by atoms with E-state index in [-0.39, 0.29) is 6.71 Å². The Kier molecular flexibility index (Phi) is 4.55. The van der Waals surface area contributed by atoms with Crippen LogP contribution in [0.15, 0.2) is 128 Å². The Labute approximate surface area is 194 Å². The molecule has 3 heteroatoms. The van der Waals surface area contributed by atoms with E-state index in [1.165, 1.54) is 0 Å². The lowest BCUT2D eigenvalue weighted by atomic mass is 9.34. The molecule has 0 saturated carbocycles. The predicted octanol–water partition coefficient (Wildman–Crippen LogP) is 6.29. The van der Waals surface area contributed by atoms with Crippen molar-refractivity contribution < 1.29 is 9.47 Å². The highest BCUT2D eigenvalue weighted by Gasteiger charge is 2.41. The number of hydrogen-bond donors (Lipinski definition) is 0. The van der Waals surface area contributed by atoms with Gasteiger partial charge >= 0.3 is 0 Å². The zero-order valence-corrected chi connectivity index (χ0v) is 18.1. The molecule has 0 fully saturated rings. The monoisotopic (exact) mass is 424 g/mol. The maximum atomic E-state index is 6.55. The van der Waals surface area contributed by atoms with Gasteiger partial charge in [0, 0.05) is 5.46 Å². The summed E-state index contributed by atoms with van der Waals surface area (Å²) in [7, 11) is 0. The molecule has 0 aliphatic carbocycles. The fraction of sp³-hybridized carbons (Fsp3) is 0. The van der Waals surface area contributed by atoms with Gasteiger partial charge in [-0.1, -0.05) is 98.1 Å². The van der Waals surface area contributed by atoms with Crippen molar-refractivity contribution in [3.63, 3.8) is 0 Å². The smallest absolute Gasteiger partial charge is 0.260 e. The predicted molar refractivity (Wildman–Crippen MR) is 137 cm³/mol. The van der Waals surface area contributed by atoms with Crippen molar-refractivity contribution >= 4 is 17.6 Å². The third kappa shape index (κ3) is 3.21. The van der Waals surface area contributed by atoms with Gasteiger partial charge in [-0.2, -0.15) is 0 Å². The molecule has 0 atom stereocenters. The van der Waals surface area contributed by atoms with Crippen molar-refractivity contribution in [1.82, 2.24) is 0 Å². The van der Waals surface area contributed by atoms with Crippen LogP contribution in [0.5, 0.6) is 17.2 Å². The molecule has 0 radical (unpaired) electrons. The van der Waals surface area contributed by atoms with Gasteiger partial charge in [0.05, 0.1) is 0 Å². The Bertz CT molecular complexity index is 1440. The van der Waals surface area contributed by atoms with Crippen molar-refractivity contribution in [2.75, 3.05) is 0 Å². The Morgan fingerprint density at radius 3 is 1.91 bits per heavy atom. The van der Waals surface area contributed by atoms with Crippen molar-refractivity contribution in [1.29, 1.82) is 0 Å². The van der Waals surface area contributed by atoms with Gasteiger partial charge in [0.15, 0.2) is 0 Å². The van der Waals surface area contributed by atoms with Crippen molar-refractivity contribution in [3.8, 4) is 39.5 Å². The highest BCUT2D eigenvalue weighted by atomic mass is 16.5. The van der Waals surface area contributed by atoms with Gasteiger partial charge in [-0.3, -0.25) is 0 Å². The molecule has 4 aromatic rings.